The Morgan fingerprint density at radius 2 is 1.36 bits per heavy atom. The summed E-state index contributed by atoms with van der Waals surface area (Å²) in [4.78, 5) is 75.0. The zero-order valence-corrected chi connectivity index (χ0v) is 24.9. The molecule has 18 heteroatoms. The summed E-state index contributed by atoms with van der Waals surface area (Å²) in [6.07, 6.45) is -3.87. The van der Waals surface area contributed by atoms with Crippen LogP contribution in [0.5, 0.6) is 0 Å². The zero-order valence-electron chi connectivity index (χ0n) is 24.9. The number of carbonyl (C=O) groups excluding carboxylic acids is 4. The van der Waals surface area contributed by atoms with E-state index >= 15 is 0 Å². The van der Waals surface area contributed by atoms with Crippen molar-refractivity contribution in [1.82, 2.24) is 26.6 Å². The molecule has 0 aliphatic heterocycles. The van der Waals surface area contributed by atoms with Crippen LogP contribution in [0.2, 0.25) is 0 Å². The van der Waals surface area contributed by atoms with Gasteiger partial charge in [0.1, 0.15) is 30.2 Å². The number of aliphatic hydroxyl groups is 2. The van der Waals surface area contributed by atoms with Gasteiger partial charge in [0.2, 0.25) is 23.6 Å². The lowest BCUT2D eigenvalue weighted by atomic mass is 10.0. The Labute approximate surface area is 258 Å². The lowest BCUT2D eigenvalue weighted by molar-refractivity contribution is -0.144. The first-order valence-electron chi connectivity index (χ1n) is 13.9. The molecule has 250 valence electrons. The molecule has 0 radical (unpaired) electrons. The first kappa shape index (κ1) is 38.2. The largest absolute Gasteiger partial charge is 0.481 e. The standard InChI is InChI=1S/C27H42N8O10/c1-13(36)20(28)24(42)33-17(11-15-7-4-3-5-8-15)23(41)35-21(14(2)37)25(43)34-18(12-19(38)39)22(40)32-16(26(44)45)9-6-10-31-27(29)30/h3-5,7-8,13-14,16-18,20-21,36-37H,6,9-12,28H2,1-2H3,(H,32,40)(H,33,42)(H,34,43)(H,35,41)(H,38,39)(H,44,45)(H4,29,30,31)/t13-,14-,16+,17+,18+,20+,21+/m1/s1. The van der Waals surface area contributed by atoms with Crippen LogP contribution in [-0.2, 0) is 35.2 Å². The van der Waals surface area contributed by atoms with Crippen molar-refractivity contribution in [2.45, 2.75) is 81.9 Å². The number of hydrogen-bond acceptors (Lipinski definition) is 10. The number of benzene rings is 1. The molecule has 1 aromatic carbocycles. The van der Waals surface area contributed by atoms with Crippen molar-refractivity contribution in [2.24, 2.45) is 11.5 Å². The monoisotopic (exact) mass is 638 g/mol. The van der Waals surface area contributed by atoms with Gasteiger partial charge in [0.05, 0.1) is 18.6 Å². The van der Waals surface area contributed by atoms with Crippen LogP contribution in [0.25, 0.3) is 0 Å². The molecular formula is C27H42N8O10. The average Bonchev–Trinajstić information content (AvgIpc) is 2.95. The molecule has 0 spiro atoms. The molecule has 7 atom stereocenters. The number of nitrogens with one attached hydrogen (secondary N) is 6. The molecule has 18 nitrogen and oxygen atoms in total. The minimum atomic E-state index is -1.81. The van der Waals surface area contributed by atoms with E-state index in [4.69, 9.17) is 16.9 Å². The van der Waals surface area contributed by atoms with Crippen molar-refractivity contribution < 1.29 is 49.2 Å². The predicted molar refractivity (Wildman–Crippen MR) is 158 cm³/mol. The Morgan fingerprint density at radius 3 is 1.87 bits per heavy atom. The van der Waals surface area contributed by atoms with Crippen molar-refractivity contribution in [1.29, 1.82) is 5.41 Å². The Hall–Kier alpha value is -4.81. The molecule has 1 aromatic rings. The minimum Gasteiger partial charge on any atom is -0.481 e. The van der Waals surface area contributed by atoms with Gasteiger partial charge < -0.3 is 58.5 Å². The molecule has 0 bridgehead atoms. The third-order valence-electron chi connectivity index (χ3n) is 6.41. The Morgan fingerprint density at radius 1 is 0.800 bits per heavy atom. The number of aliphatic carboxylic acids is 2. The molecule has 0 aliphatic rings. The quantitative estimate of drug-likeness (QED) is 0.0392. The van der Waals surface area contributed by atoms with Crippen molar-refractivity contribution in [3.63, 3.8) is 0 Å². The highest BCUT2D eigenvalue weighted by atomic mass is 16.4. The number of hydrogen-bond donors (Lipinski definition) is 12. The second-order valence-electron chi connectivity index (χ2n) is 10.3. The second-order valence-corrected chi connectivity index (χ2v) is 10.3. The smallest absolute Gasteiger partial charge is 0.326 e. The van der Waals surface area contributed by atoms with Crippen LogP contribution in [0.15, 0.2) is 30.3 Å². The fourth-order valence-electron chi connectivity index (χ4n) is 3.91. The van der Waals surface area contributed by atoms with Gasteiger partial charge in [-0.15, -0.1) is 0 Å². The molecule has 4 amide bonds. The SMILES string of the molecule is C[C@@H](O)[C@H](N)C(=O)N[C@@H](Cc1ccccc1)C(=O)N[C@H](C(=O)N[C@@H](CC(=O)O)C(=O)N[C@@H](CCCNC(=N)N)C(=O)O)[C@@H](C)O. The van der Waals surface area contributed by atoms with Gasteiger partial charge in [-0.3, -0.25) is 29.4 Å². The number of nitrogens with two attached hydrogens (primary N) is 2. The lowest BCUT2D eigenvalue weighted by Gasteiger charge is -2.27. The van der Waals surface area contributed by atoms with Crippen molar-refractivity contribution in [3.05, 3.63) is 35.9 Å². The summed E-state index contributed by atoms with van der Waals surface area (Å²) in [6.45, 7) is 2.54. The minimum absolute atomic E-state index is 0.0817. The number of amides is 4. The fraction of sp³-hybridized carbons (Fsp3) is 0.519. The van der Waals surface area contributed by atoms with E-state index in [0.717, 1.165) is 6.92 Å². The average molecular weight is 639 g/mol. The van der Waals surface area contributed by atoms with E-state index in [0.29, 0.717) is 5.56 Å². The number of carbonyl (C=O) groups is 6. The number of carboxylic acids is 2. The van der Waals surface area contributed by atoms with Crippen LogP contribution < -0.4 is 38.1 Å². The second kappa shape index (κ2) is 18.8. The highest BCUT2D eigenvalue weighted by Crippen LogP contribution is 2.07. The first-order chi connectivity index (χ1) is 21.0. The molecule has 0 saturated heterocycles. The highest BCUT2D eigenvalue weighted by Gasteiger charge is 2.35. The van der Waals surface area contributed by atoms with Crippen molar-refractivity contribution >= 4 is 41.5 Å². The van der Waals surface area contributed by atoms with Crippen LogP contribution in [0.4, 0.5) is 0 Å². The topological polar surface area (TPSA) is 319 Å². The number of aliphatic hydroxyl groups excluding tert-OH is 2. The van der Waals surface area contributed by atoms with E-state index in [-0.39, 0.29) is 31.8 Å². The Balaban J connectivity index is 3.12. The van der Waals surface area contributed by atoms with Crippen molar-refractivity contribution in [2.75, 3.05) is 6.54 Å². The molecular weight excluding hydrogens is 596 g/mol. The molecule has 14 N–H and O–H groups in total. The Kier molecular flexibility index (Phi) is 15.9. The summed E-state index contributed by atoms with van der Waals surface area (Å²) in [5.74, 6) is -7.46. The van der Waals surface area contributed by atoms with Gasteiger partial charge in [-0.2, -0.15) is 0 Å². The molecule has 0 unspecified atom stereocenters. The third-order valence-corrected chi connectivity index (χ3v) is 6.41. The summed E-state index contributed by atoms with van der Waals surface area (Å²) in [7, 11) is 0. The summed E-state index contributed by atoms with van der Waals surface area (Å²) >= 11 is 0. The van der Waals surface area contributed by atoms with Gasteiger partial charge >= 0.3 is 11.9 Å². The van der Waals surface area contributed by atoms with Crippen LogP contribution >= 0.6 is 0 Å². The summed E-state index contributed by atoms with van der Waals surface area (Å²) in [6, 6.07) is 0.650. The number of rotatable bonds is 19. The van der Waals surface area contributed by atoms with E-state index < -0.39 is 84.4 Å². The highest BCUT2D eigenvalue weighted by molar-refractivity contribution is 5.96. The fourth-order valence-corrected chi connectivity index (χ4v) is 3.91. The van der Waals surface area contributed by atoms with Gasteiger partial charge in [-0.05, 0) is 32.3 Å². The number of guanidine groups is 1. The lowest BCUT2D eigenvalue weighted by Crippen LogP contribution is -2.61. The van der Waals surface area contributed by atoms with E-state index in [1.54, 1.807) is 30.3 Å². The zero-order chi connectivity index (χ0) is 34.3. The van der Waals surface area contributed by atoms with Crippen LogP contribution in [0.1, 0.15) is 38.7 Å². The Bertz CT molecular complexity index is 1200. The van der Waals surface area contributed by atoms with Crippen LogP contribution in [-0.4, -0.2) is 111 Å². The van der Waals surface area contributed by atoms with Gasteiger partial charge in [0.25, 0.3) is 0 Å². The van der Waals surface area contributed by atoms with Gasteiger partial charge in [-0.25, -0.2) is 4.79 Å². The molecule has 45 heavy (non-hydrogen) atoms. The molecule has 0 aliphatic carbocycles. The van der Waals surface area contributed by atoms with E-state index in [1.165, 1.54) is 6.92 Å². The van der Waals surface area contributed by atoms with Gasteiger partial charge in [-0.1, -0.05) is 30.3 Å². The van der Waals surface area contributed by atoms with Crippen LogP contribution in [0, 0.1) is 5.41 Å². The van der Waals surface area contributed by atoms with E-state index in [9.17, 15) is 49.2 Å². The molecule has 0 saturated carbocycles. The van der Waals surface area contributed by atoms with Gasteiger partial charge in [0, 0.05) is 13.0 Å². The maximum Gasteiger partial charge on any atom is 0.326 e. The first-order valence-corrected chi connectivity index (χ1v) is 13.9. The van der Waals surface area contributed by atoms with E-state index in [1.807, 2.05) is 0 Å². The van der Waals surface area contributed by atoms with E-state index in [2.05, 4.69) is 26.6 Å². The third kappa shape index (κ3) is 14.0. The molecule has 0 aromatic heterocycles. The predicted octanol–water partition coefficient (Wildman–Crippen LogP) is -3.92. The van der Waals surface area contributed by atoms with Crippen LogP contribution in [0.3, 0.4) is 0 Å². The van der Waals surface area contributed by atoms with Crippen molar-refractivity contribution in [3.8, 4) is 0 Å². The van der Waals surface area contributed by atoms with Gasteiger partial charge in [0.15, 0.2) is 5.96 Å². The summed E-state index contributed by atoms with van der Waals surface area (Å²) in [5, 5.41) is 57.3. The maximum atomic E-state index is 13.3. The summed E-state index contributed by atoms with van der Waals surface area (Å²) < 4.78 is 0. The number of carboxylic acid groups (broad SMARTS) is 2. The normalized spacial score (nSPS) is 15.5. The molecule has 0 fully saturated rings. The molecule has 0 heterocycles. The maximum absolute atomic E-state index is 13.3. The summed E-state index contributed by atoms with van der Waals surface area (Å²) in [5.41, 5.74) is 11.5. The molecule has 1 rings (SSSR count).